The summed E-state index contributed by atoms with van der Waals surface area (Å²) < 4.78 is 5.59. The summed E-state index contributed by atoms with van der Waals surface area (Å²) in [6, 6.07) is 12.5. The van der Waals surface area contributed by atoms with Gasteiger partial charge in [-0.2, -0.15) is 5.26 Å². The number of thiophene rings is 1. The van der Waals surface area contributed by atoms with Crippen molar-refractivity contribution in [2.24, 2.45) is 5.73 Å². The molecule has 4 heterocycles. The molecule has 9 nitrogen and oxygen atoms in total. The number of nitrogens with zero attached hydrogens (tertiary/aromatic N) is 3. The van der Waals surface area contributed by atoms with Crippen molar-refractivity contribution < 1.29 is 19.4 Å². The normalized spacial score (nSPS) is 19.4. The first-order chi connectivity index (χ1) is 14.5. The van der Waals surface area contributed by atoms with Crippen molar-refractivity contribution in [2.75, 3.05) is 11.4 Å². The van der Waals surface area contributed by atoms with E-state index in [1.54, 1.807) is 24.3 Å². The van der Waals surface area contributed by atoms with Gasteiger partial charge in [0, 0.05) is 11.3 Å². The maximum atomic E-state index is 13.9. The molecular weight excluding hydrogens is 406 g/mol. The number of carboxylic acid groups (broad SMARTS) is 1. The molecule has 0 radical (unpaired) electrons. The number of aliphatic carboxylic acids is 1. The third-order valence-electron chi connectivity index (χ3n) is 5.27. The minimum absolute atomic E-state index is 0.0789. The van der Waals surface area contributed by atoms with Crippen molar-refractivity contribution in [3.8, 4) is 22.5 Å². The van der Waals surface area contributed by atoms with E-state index in [4.69, 9.17) is 10.5 Å². The Labute approximate surface area is 173 Å². The van der Waals surface area contributed by atoms with Crippen LogP contribution in [0, 0.1) is 11.3 Å². The summed E-state index contributed by atoms with van der Waals surface area (Å²) in [5.74, 6) is -1.93. The van der Waals surface area contributed by atoms with Crippen molar-refractivity contribution in [1.29, 1.82) is 5.26 Å². The Balaban J connectivity index is 1.90. The van der Waals surface area contributed by atoms with Crippen molar-refractivity contribution in [3.05, 3.63) is 64.4 Å². The predicted octanol–water partition coefficient (Wildman–Crippen LogP) is 1.94. The molecule has 5 rings (SSSR count). The lowest BCUT2D eigenvalue weighted by molar-refractivity contribution is -0.136. The van der Waals surface area contributed by atoms with Crippen LogP contribution < -0.4 is 15.4 Å². The average molecular weight is 419 g/mol. The Hall–Kier alpha value is -4.10. The first kappa shape index (κ1) is 18.0. The number of H-pyrrole nitrogens is 1. The molecule has 3 aromatic rings. The number of carboxylic acids is 1. The molecule has 0 saturated carbocycles. The SMILES string of the molecule is N#CC1=C(N)Oc2n[nH]c(-c3cccs3)c2[C@]12C(=O)N(CC(=O)O)c1ccccc12. The maximum absolute atomic E-state index is 13.9. The molecule has 30 heavy (non-hydrogen) atoms. The molecule has 1 spiro atoms. The summed E-state index contributed by atoms with van der Waals surface area (Å²) in [7, 11) is 0. The lowest BCUT2D eigenvalue weighted by Crippen LogP contribution is -2.47. The highest BCUT2D eigenvalue weighted by Crippen LogP contribution is 2.57. The van der Waals surface area contributed by atoms with E-state index < -0.39 is 23.8 Å². The summed E-state index contributed by atoms with van der Waals surface area (Å²) in [5.41, 5.74) is 6.01. The Morgan fingerprint density at radius 3 is 2.87 bits per heavy atom. The van der Waals surface area contributed by atoms with Crippen LogP contribution >= 0.6 is 11.3 Å². The van der Waals surface area contributed by atoms with E-state index in [1.165, 1.54) is 11.3 Å². The number of anilines is 1. The molecule has 2 aliphatic heterocycles. The second-order valence-electron chi connectivity index (χ2n) is 6.76. The van der Waals surface area contributed by atoms with Gasteiger partial charge in [0.05, 0.1) is 16.1 Å². The fraction of sp³-hybridized carbons (Fsp3) is 0.100. The molecule has 1 atom stereocenters. The number of carbonyl (C=O) groups is 2. The molecule has 0 bridgehead atoms. The molecule has 1 aromatic carbocycles. The fourth-order valence-corrected chi connectivity index (χ4v) is 4.91. The third-order valence-corrected chi connectivity index (χ3v) is 6.16. The number of benzene rings is 1. The standard InChI is InChI=1S/C20H13N5O4S/c21-8-11-17(22)29-18-15(16(23-24-18)13-6-3-7-30-13)20(11)10-4-1-2-5-12(10)25(19(20)28)9-14(26)27/h1-7H,9,22H2,(H,23,24)(H,26,27)/t20-/m1/s1. The van der Waals surface area contributed by atoms with Crippen molar-refractivity contribution >= 4 is 28.9 Å². The van der Waals surface area contributed by atoms with Gasteiger partial charge >= 0.3 is 5.97 Å². The number of rotatable bonds is 3. The zero-order valence-electron chi connectivity index (χ0n) is 15.2. The molecule has 0 aliphatic carbocycles. The van der Waals surface area contributed by atoms with E-state index in [2.05, 4.69) is 10.2 Å². The molecule has 2 aliphatic rings. The van der Waals surface area contributed by atoms with Crippen LogP contribution in [-0.2, 0) is 15.0 Å². The lowest BCUT2D eigenvalue weighted by Gasteiger charge is -2.32. The second-order valence-corrected chi connectivity index (χ2v) is 7.71. The van der Waals surface area contributed by atoms with Gasteiger partial charge in [-0.25, -0.2) is 0 Å². The first-order valence-corrected chi connectivity index (χ1v) is 9.72. The minimum atomic E-state index is -1.66. The summed E-state index contributed by atoms with van der Waals surface area (Å²) in [6.07, 6.45) is 0. The molecule has 0 saturated heterocycles. The maximum Gasteiger partial charge on any atom is 0.323 e. The molecular formula is C20H13N5O4S. The van der Waals surface area contributed by atoms with Gasteiger partial charge in [-0.3, -0.25) is 19.6 Å². The quantitative estimate of drug-likeness (QED) is 0.588. The zero-order valence-corrected chi connectivity index (χ0v) is 16.1. The number of amides is 1. The zero-order chi connectivity index (χ0) is 21.0. The number of carbonyl (C=O) groups excluding carboxylic acids is 1. The van der Waals surface area contributed by atoms with Crippen LogP contribution in [0.2, 0.25) is 0 Å². The predicted molar refractivity (Wildman–Crippen MR) is 107 cm³/mol. The number of ether oxygens (including phenoxy) is 1. The van der Waals surface area contributed by atoms with E-state index >= 15 is 0 Å². The monoisotopic (exact) mass is 419 g/mol. The Bertz CT molecular complexity index is 1290. The summed E-state index contributed by atoms with van der Waals surface area (Å²) in [5, 5.41) is 28.4. The smallest absolute Gasteiger partial charge is 0.323 e. The van der Waals surface area contributed by atoms with Crippen LogP contribution in [0.3, 0.4) is 0 Å². The molecule has 1 amide bonds. The van der Waals surface area contributed by atoms with Crippen LogP contribution in [0.15, 0.2) is 53.2 Å². The first-order valence-electron chi connectivity index (χ1n) is 8.84. The van der Waals surface area contributed by atoms with Gasteiger partial charge in [0.2, 0.25) is 17.7 Å². The minimum Gasteiger partial charge on any atom is -0.480 e. The van der Waals surface area contributed by atoms with Gasteiger partial charge in [0.1, 0.15) is 23.6 Å². The van der Waals surface area contributed by atoms with Crippen LogP contribution in [0.5, 0.6) is 5.88 Å². The van der Waals surface area contributed by atoms with Gasteiger partial charge in [0.15, 0.2) is 0 Å². The number of nitriles is 1. The highest BCUT2D eigenvalue weighted by molar-refractivity contribution is 7.13. The van der Waals surface area contributed by atoms with E-state index in [0.717, 1.165) is 9.78 Å². The number of aromatic nitrogens is 2. The fourth-order valence-electron chi connectivity index (χ4n) is 4.18. The van der Waals surface area contributed by atoms with E-state index in [-0.39, 0.29) is 17.3 Å². The molecule has 0 unspecified atom stereocenters. The number of aromatic amines is 1. The van der Waals surface area contributed by atoms with Gasteiger partial charge in [-0.15, -0.1) is 16.4 Å². The number of nitrogens with two attached hydrogens (primary N) is 1. The number of para-hydroxylation sites is 1. The van der Waals surface area contributed by atoms with Crippen LogP contribution in [0.1, 0.15) is 11.1 Å². The lowest BCUT2D eigenvalue weighted by atomic mass is 9.69. The average Bonchev–Trinajstić information content (AvgIpc) is 3.43. The van der Waals surface area contributed by atoms with Gasteiger partial charge < -0.3 is 15.6 Å². The number of fused-ring (bicyclic) bond motifs is 4. The topological polar surface area (TPSA) is 145 Å². The summed E-state index contributed by atoms with van der Waals surface area (Å²) in [4.78, 5) is 27.3. The molecule has 0 fully saturated rings. The Morgan fingerprint density at radius 1 is 1.37 bits per heavy atom. The molecule has 10 heteroatoms. The highest BCUT2D eigenvalue weighted by Gasteiger charge is 2.61. The van der Waals surface area contributed by atoms with E-state index in [1.807, 2.05) is 23.6 Å². The van der Waals surface area contributed by atoms with Crippen molar-refractivity contribution in [1.82, 2.24) is 10.2 Å². The van der Waals surface area contributed by atoms with E-state index in [9.17, 15) is 20.0 Å². The summed E-state index contributed by atoms with van der Waals surface area (Å²) in [6.45, 7) is -0.557. The second kappa shape index (κ2) is 6.20. The van der Waals surface area contributed by atoms with E-state index in [0.29, 0.717) is 22.5 Å². The van der Waals surface area contributed by atoms with Crippen molar-refractivity contribution in [3.63, 3.8) is 0 Å². The largest absolute Gasteiger partial charge is 0.480 e. The number of nitrogens with one attached hydrogen (secondary N) is 1. The number of hydrogen-bond acceptors (Lipinski definition) is 7. The van der Waals surface area contributed by atoms with Crippen LogP contribution in [0.25, 0.3) is 10.6 Å². The van der Waals surface area contributed by atoms with Crippen molar-refractivity contribution in [2.45, 2.75) is 5.41 Å². The third kappa shape index (κ3) is 2.12. The highest BCUT2D eigenvalue weighted by atomic mass is 32.1. The Morgan fingerprint density at radius 2 is 2.17 bits per heavy atom. The van der Waals surface area contributed by atoms with Crippen LogP contribution in [0.4, 0.5) is 5.69 Å². The van der Waals surface area contributed by atoms with Crippen LogP contribution in [-0.4, -0.2) is 33.7 Å². The molecule has 2 aromatic heterocycles. The number of hydrogen-bond donors (Lipinski definition) is 3. The van der Waals surface area contributed by atoms with Gasteiger partial charge in [-0.1, -0.05) is 24.3 Å². The Kier molecular flexibility index (Phi) is 3.71. The summed E-state index contributed by atoms with van der Waals surface area (Å²) >= 11 is 1.42. The molecule has 4 N–H and O–H groups in total. The van der Waals surface area contributed by atoms with Gasteiger partial charge in [-0.05, 0) is 17.5 Å². The van der Waals surface area contributed by atoms with Gasteiger partial charge in [0.25, 0.3) is 0 Å². The molecule has 148 valence electrons.